The molecule has 1 radical (unpaired) electrons. The molecule has 6 heteroatoms. The van der Waals surface area contributed by atoms with Crippen molar-refractivity contribution in [2.24, 2.45) is 0 Å². The molecule has 0 aliphatic heterocycles. The molecule has 0 rings (SSSR count). The van der Waals surface area contributed by atoms with Gasteiger partial charge in [-0.1, -0.05) is 180 Å². The van der Waals surface area contributed by atoms with E-state index in [9.17, 15) is 12.8 Å². The van der Waals surface area contributed by atoms with Crippen LogP contribution in [0.3, 0.4) is 0 Å². The smallest absolute Gasteiger partial charge is 0.267 e. The Morgan fingerprint density at radius 3 is 1.02 bits per heavy atom. The Labute approximate surface area is 273 Å². The summed E-state index contributed by atoms with van der Waals surface area (Å²) in [5.41, 5.74) is 0. The third kappa shape index (κ3) is 36.9. The fourth-order valence-corrected chi connectivity index (χ4v) is 6.44. The summed E-state index contributed by atoms with van der Waals surface area (Å²) in [4.78, 5) is 0. The Hall–Kier alpha value is 0.840. The van der Waals surface area contributed by atoms with Crippen molar-refractivity contribution in [1.29, 1.82) is 0 Å². The van der Waals surface area contributed by atoms with Crippen LogP contribution in [0.25, 0.3) is 0 Å². The third-order valence-electron chi connectivity index (χ3n) is 8.04. The van der Waals surface area contributed by atoms with E-state index < -0.39 is 10.1 Å². The largest absolute Gasteiger partial charge is 0.270 e. The molecule has 0 saturated heterocycles. The minimum absolute atomic E-state index is 0. The van der Waals surface area contributed by atoms with Gasteiger partial charge in [-0.15, -0.1) is 0 Å². The van der Waals surface area contributed by atoms with Gasteiger partial charge < -0.3 is 0 Å². The van der Waals surface area contributed by atoms with E-state index in [1.807, 2.05) is 0 Å². The third-order valence-corrected chi connectivity index (χ3v) is 9.35. The van der Waals surface area contributed by atoms with E-state index in [0.29, 0.717) is 19.4 Å². The first-order valence-corrected chi connectivity index (χ1v) is 19.1. The molecule has 0 fully saturated rings. The summed E-state index contributed by atoms with van der Waals surface area (Å²) in [6.45, 7) is 2.45. The first-order chi connectivity index (χ1) is 19.1. The number of rotatable bonds is 34. The van der Waals surface area contributed by atoms with Gasteiger partial charge >= 0.3 is 0 Å². The van der Waals surface area contributed by atoms with Crippen LogP contribution < -0.4 is 0 Å². The van der Waals surface area contributed by atoms with Crippen LogP contribution in [0.1, 0.15) is 200 Å². The second-order valence-corrected chi connectivity index (χ2v) is 13.8. The van der Waals surface area contributed by atoms with Gasteiger partial charge in [-0.2, -0.15) is 8.42 Å². The van der Waals surface area contributed by atoms with E-state index in [1.165, 1.54) is 141 Å². The molecule has 0 unspecified atom stereocenters. The van der Waals surface area contributed by atoms with Crippen LogP contribution in [-0.2, 0) is 14.3 Å². The molecule has 0 spiro atoms. The van der Waals surface area contributed by atoms with Crippen molar-refractivity contribution in [3.63, 3.8) is 0 Å². The van der Waals surface area contributed by atoms with E-state index in [1.54, 1.807) is 0 Å². The zero-order valence-corrected chi connectivity index (χ0v) is 30.2. The normalized spacial score (nSPS) is 11.7. The fraction of sp³-hybridized carbons (Fsp3) is 1.00. The average molecular weight is 600 g/mol. The Kier molecular flexibility index (Phi) is 38.7. The van der Waals surface area contributed by atoms with Gasteiger partial charge in [0.25, 0.3) is 10.1 Å². The van der Waals surface area contributed by atoms with Crippen molar-refractivity contribution in [3.8, 4) is 0 Å². The zero-order valence-electron chi connectivity index (χ0n) is 27.3. The molecule has 0 bridgehead atoms. The topological polar surface area (TPSA) is 43.4 Å². The predicted octanol–water partition coefficient (Wildman–Crippen LogP) is 11.6. The standard InChI is InChI=1S/C34H69FO3S.Na/c1-2-3-4-5-6-7-8-9-10-11-12-13-14-15-16-18-21-24-27-30-33-38-39(36,37)34-31-28-25-22-19-17-20-23-26-29-32-35;/h2-34H2,1H3;. The quantitative estimate of drug-likeness (QED) is 0.0420. The molecule has 40 heavy (non-hydrogen) atoms. The molecule has 0 aromatic carbocycles. The Bertz CT molecular complexity index is 559. The molecule has 0 aliphatic carbocycles. The van der Waals surface area contributed by atoms with Gasteiger partial charge in [0.05, 0.1) is 19.0 Å². The molecule has 0 aromatic rings. The van der Waals surface area contributed by atoms with Crippen molar-refractivity contribution in [1.82, 2.24) is 0 Å². The molecule has 0 atom stereocenters. The van der Waals surface area contributed by atoms with Crippen LogP contribution in [0.15, 0.2) is 0 Å². The summed E-state index contributed by atoms with van der Waals surface area (Å²) in [5, 5.41) is 0. The van der Waals surface area contributed by atoms with E-state index in [-0.39, 0.29) is 42.0 Å². The maximum Gasteiger partial charge on any atom is 0.267 e. The maximum absolute atomic E-state index is 12.0. The SMILES string of the molecule is CCCCCCCCCCCCCCCCCCCCCCOS(=O)(=O)CCCCCCCCCCCCF.[Na]. The summed E-state index contributed by atoms with van der Waals surface area (Å²) in [5.74, 6) is 0.162. The van der Waals surface area contributed by atoms with Gasteiger partial charge in [0, 0.05) is 29.6 Å². The molecule has 0 aliphatic rings. The monoisotopic (exact) mass is 599 g/mol. The minimum atomic E-state index is -3.35. The average Bonchev–Trinajstić information content (AvgIpc) is 2.92. The summed E-state index contributed by atoms with van der Waals surface area (Å²) >= 11 is 0. The number of hydrogen-bond acceptors (Lipinski definition) is 3. The summed E-state index contributed by atoms with van der Waals surface area (Å²) in [6.07, 6.45) is 37.3. The van der Waals surface area contributed by atoms with Gasteiger partial charge in [0.15, 0.2) is 0 Å². The van der Waals surface area contributed by atoms with Crippen LogP contribution in [0.5, 0.6) is 0 Å². The van der Waals surface area contributed by atoms with Crippen molar-refractivity contribution in [2.75, 3.05) is 19.0 Å². The van der Waals surface area contributed by atoms with Crippen LogP contribution in [0.4, 0.5) is 4.39 Å². The second-order valence-electron chi connectivity index (χ2n) is 12.0. The first-order valence-electron chi connectivity index (χ1n) is 17.6. The molecular weight excluding hydrogens is 530 g/mol. The summed E-state index contributed by atoms with van der Waals surface area (Å²) in [6, 6.07) is 0. The molecule has 0 amide bonds. The van der Waals surface area contributed by atoms with E-state index >= 15 is 0 Å². The predicted molar refractivity (Wildman–Crippen MR) is 176 cm³/mol. The first kappa shape index (κ1) is 43.0. The molecule has 0 saturated carbocycles. The Morgan fingerprint density at radius 2 is 0.700 bits per heavy atom. The number of halogens is 1. The van der Waals surface area contributed by atoms with Gasteiger partial charge in [-0.3, -0.25) is 8.57 Å². The molecular formula is C34H69FNaO3S. The molecule has 0 aromatic heterocycles. The van der Waals surface area contributed by atoms with Gasteiger partial charge in [0.1, 0.15) is 0 Å². The maximum atomic E-state index is 12.0. The molecule has 237 valence electrons. The van der Waals surface area contributed by atoms with Crippen molar-refractivity contribution >= 4 is 39.7 Å². The minimum Gasteiger partial charge on any atom is -0.270 e. The van der Waals surface area contributed by atoms with Crippen LogP contribution in [-0.4, -0.2) is 57.0 Å². The van der Waals surface area contributed by atoms with Crippen molar-refractivity contribution in [3.05, 3.63) is 0 Å². The van der Waals surface area contributed by atoms with Gasteiger partial charge in [-0.05, 0) is 19.3 Å². The van der Waals surface area contributed by atoms with Gasteiger partial charge in [-0.25, -0.2) is 0 Å². The van der Waals surface area contributed by atoms with E-state index in [0.717, 1.165) is 38.5 Å². The van der Waals surface area contributed by atoms with E-state index in [4.69, 9.17) is 4.18 Å². The van der Waals surface area contributed by atoms with Crippen molar-refractivity contribution in [2.45, 2.75) is 200 Å². The van der Waals surface area contributed by atoms with Gasteiger partial charge in [0.2, 0.25) is 0 Å². The summed E-state index contributed by atoms with van der Waals surface area (Å²) < 4.78 is 41.3. The summed E-state index contributed by atoms with van der Waals surface area (Å²) in [7, 11) is -3.35. The number of unbranched alkanes of at least 4 members (excludes halogenated alkanes) is 28. The van der Waals surface area contributed by atoms with Crippen LogP contribution in [0, 0.1) is 0 Å². The van der Waals surface area contributed by atoms with Crippen LogP contribution in [0.2, 0.25) is 0 Å². The van der Waals surface area contributed by atoms with Crippen molar-refractivity contribution < 1.29 is 17.0 Å². The Balaban J connectivity index is 0. The molecule has 3 nitrogen and oxygen atoms in total. The Morgan fingerprint density at radius 1 is 0.425 bits per heavy atom. The fourth-order valence-electron chi connectivity index (χ4n) is 5.39. The molecule has 0 heterocycles. The number of alkyl halides is 1. The second kappa shape index (κ2) is 36.0. The zero-order chi connectivity index (χ0) is 28.5. The van der Waals surface area contributed by atoms with Crippen LogP contribution >= 0.6 is 0 Å². The number of hydrogen-bond donors (Lipinski definition) is 0. The van der Waals surface area contributed by atoms with E-state index in [2.05, 4.69) is 6.92 Å². The molecule has 0 N–H and O–H groups in total.